The highest BCUT2D eigenvalue weighted by atomic mass is 32.1. The summed E-state index contributed by atoms with van der Waals surface area (Å²) in [5, 5.41) is 3.21. The van der Waals surface area contributed by atoms with Gasteiger partial charge in [0.2, 0.25) is 11.8 Å². The number of hydrogen-bond donors (Lipinski definition) is 4. The molecule has 0 saturated carbocycles. The molecular weight excluding hydrogens is 572 g/mol. The molecule has 2 amide bonds. The number of benzene rings is 1. The van der Waals surface area contributed by atoms with Crippen LogP contribution in [0.1, 0.15) is 48.5 Å². The van der Waals surface area contributed by atoms with Gasteiger partial charge in [-0.25, -0.2) is 4.98 Å². The molecule has 230 valence electrons. The zero-order valence-electron chi connectivity index (χ0n) is 24.0. The number of fused-ring (bicyclic) bond motifs is 1. The van der Waals surface area contributed by atoms with Crippen LogP contribution in [-0.2, 0) is 43.7 Å². The number of carbonyl (C=O) groups is 3. The van der Waals surface area contributed by atoms with Crippen molar-refractivity contribution in [2.75, 3.05) is 26.2 Å². The van der Waals surface area contributed by atoms with Gasteiger partial charge < -0.3 is 32.1 Å². The number of hydrogen-bond acceptors (Lipinski definition) is 9. The zero-order valence-corrected chi connectivity index (χ0v) is 24.8. The number of thiazole rings is 1. The number of nitrogens with one attached hydrogen (secondary N) is 1. The third-order valence-corrected chi connectivity index (χ3v) is 8.23. The minimum atomic E-state index is -4.50. The van der Waals surface area contributed by atoms with Gasteiger partial charge in [-0.3, -0.25) is 14.4 Å². The fourth-order valence-corrected chi connectivity index (χ4v) is 6.02. The van der Waals surface area contributed by atoms with E-state index in [-0.39, 0.29) is 57.4 Å². The summed E-state index contributed by atoms with van der Waals surface area (Å²) in [5.74, 6) is -1.27. The number of Topliss-reactive ketones (excluding diaryl/α,β-unsaturated/α-hetero) is 1. The highest BCUT2D eigenvalue weighted by molar-refractivity contribution is 7.23. The molecule has 1 aromatic carbocycles. The molecule has 7 N–H and O–H groups in total. The van der Waals surface area contributed by atoms with Crippen molar-refractivity contribution < 1.29 is 32.2 Å². The predicted octanol–water partition coefficient (Wildman–Crippen LogP) is 0.948. The van der Waals surface area contributed by atoms with Crippen LogP contribution in [0.15, 0.2) is 24.3 Å². The summed E-state index contributed by atoms with van der Waals surface area (Å²) in [6, 6.07) is 2.23. The van der Waals surface area contributed by atoms with E-state index in [0.717, 1.165) is 22.6 Å². The number of amides is 2. The highest BCUT2D eigenvalue weighted by Crippen LogP contribution is 2.32. The number of carbonyl (C=O) groups excluding carboxylic acids is 3. The number of ketones is 1. The molecule has 0 bridgehead atoms. The maximum atomic E-state index is 13.5. The van der Waals surface area contributed by atoms with Crippen LogP contribution in [0.25, 0.3) is 0 Å². The third kappa shape index (κ3) is 8.60. The lowest BCUT2D eigenvalue weighted by Crippen LogP contribution is -2.50. The van der Waals surface area contributed by atoms with E-state index in [4.69, 9.17) is 21.9 Å². The summed E-state index contributed by atoms with van der Waals surface area (Å²) >= 11 is 1.36. The second-order valence-electron chi connectivity index (χ2n) is 10.8. The molecule has 0 aliphatic carbocycles. The first-order chi connectivity index (χ1) is 19.7. The maximum Gasteiger partial charge on any atom is 0.416 e. The lowest BCUT2D eigenvalue weighted by molar-refractivity contribution is -0.137. The van der Waals surface area contributed by atoms with Crippen LogP contribution >= 0.6 is 11.3 Å². The van der Waals surface area contributed by atoms with E-state index >= 15 is 0 Å². The summed E-state index contributed by atoms with van der Waals surface area (Å²) in [4.78, 5) is 45.2. The molecule has 15 heteroatoms. The topological polar surface area (TPSA) is 167 Å². The van der Waals surface area contributed by atoms with Crippen LogP contribution in [0.4, 0.5) is 13.2 Å². The number of aromatic nitrogens is 1. The molecule has 42 heavy (non-hydrogen) atoms. The molecule has 0 spiro atoms. The van der Waals surface area contributed by atoms with Crippen LogP contribution in [0.3, 0.4) is 0 Å². The summed E-state index contributed by atoms with van der Waals surface area (Å²) in [6.07, 6.45) is -4.65. The summed E-state index contributed by atoms with van der Waals surface area (Å²) < 4.78 is 46.0. The maximum absolute atomic E-state index is 13.5. The molecular formula is C27H38BF3N6O4S. The van der Waals surface area contributed by atoms with Gasteiger partial charge in [0.25, 0.3) is 0 Å². The Morgan fingerprint density at radius 3 is 2.31 bits per heavy atom. The molecule has 0 unspecified atom stereocenters. The van der Waals surface area contributed by atoms with Gasteiger partial charge in [-0.05, 0) is 44.4 Å². The van der Waals surface area contributed by atoms with Crippen molar-refractivity contribution in [2.24, 2.45) is 17.2 Å². The molecule has 2 heterocycles. The van der Waals surface area contributed by atoms with Gasteiger partial charge in [-0.15, -0.1) is 11.3 Å². The first kappa shape index (κ1) is 33.7. The standard InChI is InChI=1S/C27H38BF3N6O4S/c1-26(2)23-24(28(3)41-26)42-21(36-23)15-20(38)19(14-16-4-6-17(7-5-16)27(29,30)31)35-25(40)18(34)8-9-22(39)37(12-10-32)13-11-33/h4-7,18-19H,8-15,32-34H2,1-3H3,(H,35,40)/t18-,19+/m0/s1. The lowest BCUT2D eigenvalue weighted by Gasteiger charge is -2.23. The van der Waals surface area contributed by atoms with Crippen LogP contribution < -0.4 is 27.3 Å². The van der Waals surface area contributed by atoms with E-state index in [1.165, 1.54) is 28.4 Å². The van der Waals surface area contributed by atoms with Gasteiger partial charge >= 0.3 is 13.1 Å². The molecule has 0 radical (unpaired) electrons. The normalized spacial score (nSPS) is 15.7. The van der Waals surface area contributed by atoms with Gasteiger partial charge in [0.15, 0.2) is 5.78 Å². The van der Waals surface area contributed by atoms with E-state index in [1.807, 2.05) is 20.7 Å². The Labute approximate surface area is 247 Å². The van der Waals surface area contributed by atoms with Crippen molar-refractivity contribution in [1.82, 2.24) is 15.2 Å². The molecule has 1 aliphatic heterocycles. The van der Waals surface area contributed by atoms with E-state index < -0.39 is 35.3 Å². The SMILES string of the molecule is CB1OC(C)(C)c2nc(CC(=O)[C@@H](Cc3ccc(C(F)(F)F)cc3)NC(=O)[C@@H](N)CCC(=O)N(CCN)CCN)sc21. The Kier molecular flexibility index (Phi) is 11.3. The van der Waals surface area contributed by atoms with E-state index in [2.05, 4.69) is 10.3 Å². The van der Waals surface area contributed by atoms with E-state index in [1.54, 1.807) is 0 Å². The van der Waals surface area contributed by atoms with Gasteiger partial charge in [-0.2, -0.15) is 13.2 Å². The summed E-state index contributed by atoms with van der Waals surface area (Å²) in [6.45, 7) is 6.69. The van der Waals surface area contributed by atoms with E-state index in [9.17, 15) is 27.6 Å². The third-order valence-electron chi connectivity index (χ3n) is 7.02. The largest absolute Gasteiger partial charge is 0.420 e. The lowest BCUT2D eigenvalue weighted by atomic mass is 9.71. The van der Waals surface area contributed by atoms with Crippen molar-refractivity contribution in [1.29, 1.82) is 0 Å². The Hall–Kier alpha value is -2.85. The Morgan fingerprint density at radius 2 is 1.76 bits per heavy atom. The zero-order chi connectivity index (χ0) is 31.2. The molecule has 1 aromatic heterocycles. The summed E-state index contributed by atoms with van der Waals surface area (Å²) in [7, 11) is 0. The second kappa shape index (κ2) is 14.1. The minimum absolute atomic E-state index is 0.0175. The van der Waals surface area contributed by atoms with Crippen LogP contribution in [0, 0.1) is 0 Å². The number of halogens is 3. The molecule has 0 fully saturated rings. The monoisotopic (exact) mass is 610 g/mol. The van der Waals surface area contributed by atoms with Gasteiger partial charge in [-0.1, -0.05) is 19.0 Å². The van der Waals surface area contributed by atoms with Crippen molar-refractivity contribution in [3.05, 3.63) is 46.1 Å². The number of nitrogens with two attached hydrogens (primary N) is 3. The van der Waals surface area contributed by atoms with Gasteiger partial charge in [0, 0.05) is 37.4 Å². The van der Waals surface area contributed by atoms with Crippen molar-refractivity contribution in [3.63, 3.8) is 0 Å². The highest BCUT2D eigenvalue weighted by Gasteiger charge is 2.42. The average molecular weight is 611 g/mol. The smallest absolute Gasteiger partial charge is 0.416 e. The average Bonchev–Trinajstić information content (AvgIpc) is 3.43. The van der Waals surface area contributed by atoms with Gasteiger partial charge in [0.05, 0.1) is 40.4 Å². The number of rotatable bonds is 14. The summed E-state index contributed by atoms with van der Waals surface area (Å²) in [5.41, 5.74) is 16.9. The van der Waals surface area contributed by atoms with E-state index in [0.29, 0.717) is 23.7 Å². The number of nitrogens with zero attached hydrogens (tertiary/aromatic N) is 2. The van der Waals surface area contributed by atoms with Crippen LogP contribution in [0.5, 0.6) is 0 Å². The van der Waals surface area contributed by atoms with Crippen molar-refractivity contribution >= 4 is 40.6 Å². The quantitative estimate of drug-likeness (QED) is 0.230. The van der Waals surface area contributed by atoms with Crippen molar-refractivity contribution in [2.45, 2.75) is 70.2 Å². The first-order valence-electron chi connectivity index (χ1n) is 13.8. The fraction of sp³-hybridized carbons (Fsp3) is 0.556. The molecule has 2 aromatic rings. The van der Waals surface area contributed by atoms with Crippen molar-refractivity contribution in [3.8, 4) is 0 Å². The second-order valence-corrected chi connectivity index (χ2v) is 11.9. The molecule has 3 rings (SSSR count). The fourth-order valence-electron chi connectivity index (χ4n) is 4.81. The van der Waals surface area contributed by atoms with Crippen LogP contribution in [-0.4, -0.2) is 72.7 Å². The molecule has 2 atom stereocenters. The van der Waals surface area contributed by atoms with Crippen LogP contribution in [0.2, 0.25) is 6.82 Å². The molecule has 1 aliphatic rings. The number of alkyl halides is 3. The van der Waals surface area contributed by atoms with Gasteiger partial charge in [0.1, 0.15) is 0 Å². The minimum Gasteiger partial charge on any atom is -0.420 e. The Balaban J connectivity index is 1.74. The Morgan fingerprint density at radius 1 is 1.14 bits per heavy atom. The predicted molar refractivity (Wildman–Crippen MR) is 155 cm³/mol. The molecule has 0 saturated heterocycles. The first-order valence-corrected chi connectivity index (χ1v) is 14.6. The Bertz CT molecular complexity index is 1250. The molecule has 10 nitrogen and oxygen atoms in total.